The number of carbonyl (C=O) groups excluding carboxylic acids is 1. The highest BCUT2D eigenvalue weighted by molar-refractivity contribution is 5.98. The number of aromatic nitrogens is 2. The zero-order chi connectivity index (χ0) is 16.9. The summed E-state index contributed by atoms with van der Waals surface area (Å²) in [4.78, 5) is 19.2. The molecule has 1 amide bonds. The van der Waals surface area contributed by atoms with Crippen molar-refractivity contribution in [3.05, 3.63) is 59.5 Å². The number of hydrogen-bond acceptors (Lipinski definition) is 4. The summed E-state index contributed by atoms with van der Waals surface area (Å²) in [7, 11) is 0. The predicted molar refractivity (Wildman–Crippen MR) is 93.2 cm³/mol. The number of aromatic amines is 1. The molecule has 0 spiro atoms. The van der Waals surface area contributed by atoms with Gasteiger partial charge in [-0.2, -0.15) is 5.10 Å². The Bertz CT molecular complexity index is 879. The fourth-order valence-corrected chi connectivity index (χ4v) is 2.46. The number of hydrogen-bond donors (Lipinski definition) is 2. The lowest BCUT2D eigenvalue weighted by Gasteiger charge is -2.06. The van der Waals surface area contributed by atoms with Gasteiger partial charge in [-0.15, -0.1) is 0 Å². The number of rotatable bonds is 5. The number of H-pyrrole nitrogens is 1. The van der Waals surface area contributed by atoms with Gasteiger partial charge in [-0.1, -0.05) is 12.1 Å². The van der Waals surface area contributed by atoms with Crippen molar-refractivity contribution in [2.75, 3.05) is 6.61 Å². The van der Waals surface area contributed by atoms with Crippen LogP contribution >= 0.6 is 0 Å². The summed E-state index contributed by atoms with van der Waals surface area (Å²) in [5, 5.41) is 5.04. The summed E-state index contributed by atoms with van der Waals surface area (Å²) < 4.78 is 5.46. The average molecular weight is 322 g/mol. The van der Waals surface area contributed by atoms with Gasteiger partial charge < -0.3 is 9.72 Å². The molecular formula is C18H18N4O2. The summed E-state index contributed by atoms with van der Waals surface area (Å²) in [5.41, 5.74) is 6.12. The van der Waals surface area contributed by atoms with Gasteiger partial charge >= 0.3 is 0 Å². The molecule has 3 rings (SSSR count). The van der Waals surface area contributed by atoms with Crippen LogP contribution in [-0.4, -0.2) is 28.7 Å². The number of amides is 1. The first-order valence-electron chi connectivity index (χ1n) is 7.58. The van der Waals surface area contributed by atoms with E-state index in [4.69, 9.17) is 4.74 Å². The Kier molecular flexibility index (Phi) is 4.56. The van der Waals surface area contributed by atoms with Gasteiger partial charge in [-0.25, -0.2) is 5.43 Å². The Morgan fingerprint density at radius 1 is 1.29 bits per heavy atom. The molecule has 6 nitrogen and oxygen atoms in total. The van der Waals surface area contributed by atoms with Crippen molar-refractivity contribution in [1.82, 2.24) is 15.4 Å². The van der Waals surface area contributed by atoms with E-state index in [9.17, 15) is 4.79 Å². The summed E-state index contributed by atoms with van der Waals surface area (Å²) >= 11 is 0. The number of hydrazone groups is 1. The number of benzene rings is 1. The molecule has 0 bridgehead atoms. The van der Waals surface area contributed by atoms with Crippen molar-refractivity contribution in [2.45, 2.75) is 13.8 Å². The molecule has 3 aromatic rings. The van der Waals surface area contributed by atoms with Gasteiger partial charge in [0.25, 0.3) is 5.91 Å². The van der Waals surface area contributed by atoms with E-state index in [1.807, 2.05) is 44.3 Å². The Hall–Kier alpha value is -3.15. The SMILES string of the molecule is Cc1cc(OCC(=O)N/N=C/c2cccc3[nH]ccc23)cc(C)n1. The number of pyridine rings is 1. The quantitative estimate of drug-likeness (QED) is 0.560. The number of fused-ring (bicyclic) bond motifs is 1. The van der Waals surface area contributed by atoms with E-state index < -0.39 is 0 Å². The molecule has 0 aliphatic carbocycles. The molecule has 0 saturated heterocycles. The molecule has 0 atom stereocenters. The zero-order valence-electron chi connectivity index (χ0n) is 13.5. The molecule has 6 heteroatoms. The van der Waals surface area contributed by atoms with Crippen molar-refractivity contribution in [2.24, 2.45) is 5.10 Å². The molecule has 0 fully saturated rings. The number of nitrogens with one attached hydrogen (secondary N) is 2. The van der Waals surface area contributed by atoms with Crippen LogP contribution in [0.1, 0.15) is 17.0 Å². The lowest BCUT2D eigenvalue weighted by molar-refractivity contribution is -0.123. The van der Waals surface area contributed by atoms with Gasteiger partial charge in [0, 0.05) is 46.2 Å². The van der Waals surface area contributed by atoms with E-state index in [1.54, 1.807) is 18.3 Å². The lowest BCUT2D eigenvalue weighted by Crippen LogP contribution is -2.24. The van der Waals surface area contributed by atoms with Crippen molar-refractivity contribution in [3.8, 4) is 5.75 Å². The largest absolute Gasteiger partial charge is 0.484 e. The van der Waals surface area contributed by atoms with Crippen LogP contribution in [0.25, 0.3) is 10.9 Å². The van der Waals surface area contributed by atoms with Crippen LogP contribution in [0.5, 0.6) is 5.75 Å². The lowest BCUT2D eigenvalue weighted by atomic mass is 10.1. The Balaban J connectivity index is 1.56. The standard InChI is InChI=1S/C18H18N4O2/c1-12-8-15(9-13(2)21-12)24-11-18(23)22-20-10-14-4-3-5-17-16(14)6-7-19-17/h3-10,19H,11H2,1-2H3,(H,22,23)/b20-10+. The molecule has 122 valence electrons. The van der Waals surface area contributed by atoms with E-state index in [2.05, 4.69) is 20.5 Å². The molecular weight excluding hydrogens is 304 g/mol. The minimum absolute atomic E-state index is 0.103. The molecule has 0 saturated carbocycles. The van der Waals surface area contributed by atoms with Gasteiger partial charge in [0.2, 0.25) is 0 Å². The maximum atomic E-state index is 11.8. The van der Waals surface area contributed by atoms with Gasteiger partial charge in [-0.3, -0.25) is 9.78 Å². The fourth-order valence-electron chi connectivity index (χ4n) is 2.46. The van der Waals surface area contributed by atoms with Gasteiger partial charge in [0.15, 0.2) is 6.61 Å². The first-order chi connectivity index (χ1) is 11.6. The molecule has 24 heavy (non-hydrogen) atoms. The van der Waals surface area contributed by atoms with Crippen molar-refractivity contribution in [3.63, 3.8) is 0 Å². The van der Waals surface area contributed by atoms with E-state index in [0.29, 0.717) is 5.75 Å². The first-order valence-corrected chi connectivity index (χ1v) is 7.58. The molecule has 2 aromatic heterocycles. The normalized spacial score (nSPS) is 11.1. The Morgan fingerprint density at radius 2 is 2.08 bits per heavy atom. The van der Waals surface area contributed by atoms with Gasteiger partial charge in [-0.05, 0) is 26.0 Å². The molecule has 0 aliphatic heterocycles. The number of nitrogens with zero attached hydrogens (tertiary/aromatic N) is 2. The van der Waals surface area contributed by atoms with Crippen molar-refractivity contribution in [1.29, 1.82) is 0 Å². The smallest absolute Gasteiger partial charge is 0.277 e. The maximum absolute atomic E-state index is 11.8. The van der Waals surface area contributed by atoms with Crippen LogP contribution in [0, 0.1) is 13.8 Å². The van der Waals surface area contributed by atoms with Crippen LogP contribution in [0.2, 0.25) is 0 Å². The van der Waals surface area contributed by atoms with Crippen LogP contribution in [-0.2, 0) is 4.79 Å². The van der Waals surface area contributed by atoms with Crippen molar-refractivity contribution >= 4 is 23.0 Å². The summed E-state index contributed by atoms with van der Waals surface area (Å²) in [6, 6.07) is 11.4. The monoisotopic (exact) mass is 322 g/mol. The highest BCUT2D eigenvalue weighted by Gasteiger charge is 2.03. The van der Waals surface area contributed by atoms with Crippen LogP contribution in [0.3, 0.4) is 0 Å². The second kappa shape index (κ2) is 6.95. The number of aryl methyl sites for hydroxylation is 2. The Morgan fingerprint density at radius 3 is 2.88 bits per heavy atom. The van der Waals surface area contributed by atoms with Crippen LogP contribution in [0.4, 0.5) is 0 Å². The maximum Gasteiger partial charge on any atom is 0.277 e. The van der Waals surface area contributed by atoms with E-state index in [-0.39, 0.29) is 12.5 Å². The average Bonchev–Trinajstić information content (AvgIpc) is 3.01. The minimum Gasteiger partial charge on any atom is -0.484 e. The molecule has 0 radical (unpaired) electrons. The molecule has 2 heterocycles. The topological polar surface area (TPSA) is 79.4 Å². The zero-order valence-corrected chi connectivity index (χ0v) is 13.5. The van der Waals surface area contributed by atoms with E-state index in [1.165, 1.54) is 0 Å². The van der Waals surface area contributed by atoms with Gasteiger partial charge in [0.05, 0.1) is 6.21 Å². The van der Waals surface area contributed by atoms with Gasteiger partial charge in [0.1, 0.15) is 5.75 Å². The minimum atomic E-state index is -0.320. The third kappa shape index (κ3) is 3.78. The molecule has 0 aliphatic rings. The third-order valence-corrected chi connectivity index (χ3v) is 3.45. The van der Waals surface area contributed by atoms with Crippen LogP contribution in [0.15, 0.2) is 47.7 Å². The number of carbonyl (C=O) groups is 1. The van der Waals surface area contributed by atoms with E-state index >= 15 is 0 Å². The molecule has 0 unspecified atom stereocenters. The Labute approximate surface area is 139 Å². The second-order valence-corrected chi connectivity index (χ2v) is 5.45. The number of ether oxygens (including phenoxy) is 1. The summed E-state index contributed by atoms with van der Waals surface area (Å²) in [6.45, 7) is 3.66. The molecule has 1 aromatic carbocycles. The summed E-state index contributed by atoms with van der Waals surface area (Å²) in [5.74, 6) is 0.302. The first kappa shape index (κ1) is 15.7. The molecule has 2 N–H and O–H groups in total. The second-order valence-electron chi connectivity index (χ2n) is 5.45. The van der Waals surface area contributed by atoms with Crippen LogP contribution < -0.4 is 10.2 Å². The van der Waals surface area contributed by atoms with E-state index in [0.717, 1.165) is 27.9 Å². The summed E-state index contributed by atoms with van der Waals surface area (Å²) in [6.07, 6.45) is 3.49. The predicted octanol–water partition coefficient (Wildman–Crippen LogP) is 2.71. The third-order valence-electron chi connectivity index (χ3n) is 3.45. The fraction of sp³-hybridized carbons (Fsp3) is 0.167. The van der Waals surface area contributed by atoms with Crippen molar-refractivity contribution < 1.29 is 9.53 Å². The highest BCUT2D eigenvalue weighted by Crippen LogP contribution is 2.15. The highest BCUT2D eigenvalue weighted by atomic mass is 16.5.